The molecule has 0 bridgehead atoms. The van der Waals surface area contributed by atoms with Crippen molar-refractivity contribution >= 4 is 28.3 Å². The molecule has 0 unspecified atom stereocenters. The van der Waals surface area contributed by atoms with E-state index >= 15 is 0 Å². The molecule has 0 aromatic rings. The lowest BCUT2D eigenvalue weighted by Crippen LogP contribution is -2.16. The van der Waals surface area contributed by atoms with Crippen molar-refractivity contribution in [2.75, 3.05) is 12.8 Å². The first-order valence-electron chi connectivity index (χ1n) is 2.92. The molecule has 0 aliphatic heterocycles. The van der Waals surface area contributed by atoms with Gasteiger partial charge < -0.3 is 5.32 Å². The minimum atomic E-state index is 0.877. The molecule has 10 heavy (non-hydrogen) atoms. The Bertz CT molecular complexity index is 115. The minimum Gasteiger partial charge on any atom is -0.371 e. The highest BCUT2D eigenvalue weighted by molar-refractivity contribution is 8.22. The Balaban J connectivity index is 0. The molecular formula is C7H13NS2. The highest BCUT2D eigenvalue weighted by Gasteiger charge is 1.83. The fraction of sp³-hybridized carbons (Fsp3) is 0.571. The summed E-state index contributed by atoms with van der Waals surface area (Å²) in [6.45, 7) is 4.61. The van der Waals surface area contributed by atoms with Crippen molar-refractivity contribution in [3.63, 3.8) is 0 Å². The van der Waals surface area contributed by atoms with Gasteiger partial charge in [0.05, 0.1) is 0 Å². The van der Waals surface area contributed by atoms with Crippen LogP contribution >= 0.6 is 24.0 Å². The predicted molar refractivity (Wildman–Crippen MR) is 54.3 cm³/mol. The summed E-state index contributed by atoms with van der Waals surface area (Å²) in [4.78, 5) is 0. The van der Waals surface area contributed by atoms with E-state index in [4.69, 9.17) is 12.2 Å². The first kappa shape index (κ1) is 12.5. The van der Waals surface area contributed by atoms with Crippen LogP contribution in [0.1, 0.15) is 13.8 Å². The third kappa shape index (κ3) is 15.7. The van der Waals surface area contributed by atoms with Gasteiger partial charge in [-0.25, -0.2) is 0 Å². The number of hydrogen-bond donors (Lipinski definition) is 1. The van der Waals surface area contributed by atoms with E-state index in [2.05, 4.69) is 17.7 Å². The molecule has 0 aromatic carbocycles. The second-order valence-corrected chi connectivity index (χ2v) is 2.79. The number of nitrogens with one attached hydrogen (secondary N) is 1. The summed E-state index contributed by atoms with van der Waals surface area (Å²) in [7, 11) is 0. The molecule has 58 valence electrons. The zero-order chi connectivity index (χ0) is 8.41. The fourth-order valence-corrected chi connectivity index (χ4v) is 0.650. The molecule has 0 aromatic heterocycles. The standard InChI is InChI=1S/C4H9NS2.C3H4/c1-3-5-4(6)7-2;1-3-2/h3H2,1-2H3,(H,5,6);1H,2H3. The topological polar surface area (TPSA) is 12.0 Å². The summed E-state index contributed by atoms with van der Waals surface area (Å²) < 4.78 is 0.877. The van der Waals surface area contributed by atoms with Gasteiger partial charge in [-0.1, -0.05) is 12.2 Å². The normalized spacial score (nSPS) is 6.60. The fourth-order valence-electron chi connectivity index (χ4n) is 0.217. The van der Waals surface area contributed by atoms with Crippen LogP contribution in [0.3, 0.4) is 0 Å². The molecule has 0 aliphatic rings. The molecule has 0 saturated heterocycles. The van der Waals surface area contributed by atoms with Gasteiger partial charge >= 0.3 is 0 Å². The van der Waals surface area contributed by atoms with E-state index in [1.165, 1.54) is 0 Å². The van der Waals surface area contributed by atoms with Gasteiger partial charge in [-0.2, -0.15) is 0 Å². The third-order valence-corrected chi connectivity index (χ3v) is 1.67. The summed E-state index contributed by atoms with van der Waals surface area (Å²) >= 11 is 6.38. The second kappa shape index (κ2) is 11.6. The Labute approximate surface area is 73.0 Å². The molecule has 0 amide bonds. The maximum Gasteiger partial charge on any atom is 0.133 e. The number of thiocarbonyl (C=S) groups is 1. The van der Waals surface area contributed by atoms with Crippen LogP contribution in [0.2, 0.25) is 0 Å². The monoisotopic (exact) mass is 175 g/mol. The van der Waals surface area contributed by atoms with Crippen molar-refractivity contribution in [3.05, 3.63) is 0 Å². The average Bonchev–Trinajstić information content (AvgIpc) is 1.90. The molecule has 0 atom stereocenters. The van der Waals surface area contributed by atoms with E-state index in [1.54, 1.807) is 18.7 Å². The number of rotatable bonds is 1. The van der Waals surface area contributed by atoms with Crippen molar-refractivity contribution in [3.8, 4) is 12.3 Å². The first-order valence-corrected chi connectivity index (χ1v) is 4.55. The van der Waals surface area contributed by atoms with Crippen molar-refractivity contribution in [2.24, 2.45) is 0 Å². The zero-order valence-corrected chi connectivity index (χ0v) is 8.23. The van der Waals surface area contributed by atoms with Gasteiger partial charge in [-0.05, 0) is 20.1 Å². The summed E-state index contributed by atoms with van der Waals surface area (Å²) in [5.41, 5.74) is 0. The lowest BCUT2D eigenvalue weighted by atomic mass is 10.8. The van der Waals surface area contributed by atoms with E-state index in [1.807, 2.05) is 13.2 Å². The van der Waals surface area contributed by atoms with Crippen molar-refractivity contribution in [1.82, 2.24) is 5.32 Å². The molecule has 3 heteroatoms. The molecule has 0 heterocycles. The van der Waals surface area contributed by atoms with Crippen LogP contribution in [0.15, 0.2) is 0 Å². The molecule has 1 N–H and O–H groups in total. The van der Waals surface area contributed by atoms with E-state index in [9.17, 15) is 0 Å². The third-order valence-electron chi connectivity index (χ3n) is 0.507. The predicted octanol–water partition coefficient (Wildman–Crippen LogP) is 1.88. The number of thioether (sulfide) groups is 1. The van der Waals surface area contributed by atoms with Crippen LogP contribution in [-0.4, -0.2) is 17.1 Å². The quantitative estimate of drug-likeness (QED) is 0.483. The molecule has 1 nitrogen and oxygen atoms in total. The number of hydrogen-bond acceptors (Lipinski definition) is 2. The first-order chi connectivity index (χ1) is 4.72. The van der Waals surface area contributed by atoms with E-state index < -0.39 is 0 Å². The molecular weight excluding hydrogens is 162 g/mol. The Hall–Kier alpha value is -0.200. The summed E-state index contributed by atoms with van der Waals surface area (Å²) in [6.07, 6.45) is 6.56. The molecule has 0 rings (SSSR count). The lowest BCUT2D eigenvalue weighted by Gasteiger charge is -1.97. The van der Waals surface area contributed by atoms with Crippen molar-refractivity contribution < 1.29 is 0 Å². The van der Waals surface area contributed by atoms with E-state index in [0.29, 0.717) is 0 Å². The lowest BCUT2D eigenvalue weighted by molar-refractivity contribution is 0.995. The van der Waals surface area contributed by atoms with Crippen LogP contribution in [0.25, 0.3) is 0 Å². The highest BCUT2D eigenvalue weighted by Crippen LogP contribution is 1.91. The zero-order valence-electron chi connectivity index (χ0n) is 6.60. The van der Waals surface area contributed by atoms with Gasteiger partial charge in [0.25, 0.3) is 0 Å². The molecule has 0 spiro atoms. The van der Waals surface area contributed by atoms with Gasteiger partial charge in [-0.3, -0.25) is 0 Å². The Morgan fingerprint density at radius 3 is 2.30 bits per heavy atom. The second-order valence-electron chi connectivity index (χ2n) is 1.31. The molecule has 0 fully saturated rings. The van der Waals surface area contributed by atoms with Gasteiger partial charge in [0.1, 0.15) is 4.32 Å². The smallest absolute Gasteiger partial charge is 0.133 e. The highest BCUT2D eigenvalue weighted by atomic mass is 32.2. The van der Waals surface area contributed by atoms with Crippen LogP contribution in [0, 0.1) is 12.3 Å². The average molecular weight is 175 g/mol. The van der Waals surface area contributed by atoms with E-state index in [0.717, 1.165) is 10.9 Å². The van der Waals surface area contributed by atoms with Crippen LogP contribution in [0.4, 0.5) is 0 Å². The Kier molecular flexibility index (Phi) is 14.4. The van der Waals surface area contributed by atoms with Crippen molar-refractivity contribution in [1.29, 1.82) is 0 Å². The van der Waals surface area contributed by atoms with Crippen LogP contribution in [-0.2, 0) is 0 Å². The Morgan fingerprint density at radius 2 is 2.20 bits per heavy atom. The Morgan fingerprint density at radius 1 is 1.80 bits per heavy atom. The SMILES string of the molecule is C#CC.CCNC(=S)SC. The maximum atomic E-state index is 4.81. The summed E-state index contributed by atoms with van der Waals surface area (Å²) in [6, 6.07) is 0. The largest absolute Gasteiger partial charge is 0.371 e. The van der Waals surface area contributed by atoms with Gasteiger partial charge in [0.2, 0.25) is 0 Å². The summed E-state index contributed by atoms with van der Waals surface area (Å²) in [5, 5.41) is 2.99. The molecule has 0 aliphatic carbocycles. The maximum absolute atomic E-state index is 4.81. The molecule has 0 radical (unpaired) electrons. The number of terminal acetylenes is 1. The minimum absolute atomic E-state index is 0.877. The van der Waals surface area contributed by atoms with E-state index in [-0.39, 0.29) is 0 Å². The van der Waals surface area contributed by atoms with Crippen molar-refractivity contribution in [2.45, 2.75) is 13.8 Å². The molecule has 0 saturated carbocycles. The van der Waals surface area contributed by atoms with Gasteiger partial charge in [-0.15, -0.1) is 24.1 Å². The summed E-state index contributed by atoms with van der Waals surface area (Å²) in [5.74, 6) is 2.25. The van der Waals surface area contributed by atoms with Crippen LogP contribution < -0.4 is 5.32 Å². The van der Waals surface area contributed by atoms with Crippen LogP contribution in [0.5, 0.6) is 0 Å². The van der Waals surface area contributed by atoms with Gasteiger partial charge in [0.15, 0.2) is 0 Å². The van der Waals surface area contributed by atoms with Gasteiger partial charge in [0, 0.05) is 6.54 Å².